The van der Waals surface area contributed by atoms with Gasteiger partial charge in [-0.3, -0.25) is 4.90 Å². The molecule has 0 spiro atoms. The second kappa shape index (κ2) is 7.39. The van der Waals surface area contributed by atoms with E-state index in [1.807, 2.05) is 10.9 Å². The average Bonchev–Trinajstić information content (AvgIpc) is 2.60. The number of nitrogens with zero attached hydrogens (tertiary/aromatic N) is 3. The molecular formula is C9H17N3OS3. The van der Waals surface area contributed by atoms with Crippen molar-refractivity contribution >= 4 is 35.3 Å². The van der Waals surface area contributed by atoms with Crippen molar-refractivity contribution < 1.29 is 4.74 Å². The summed E-state index contributed by atoms with van der Waals surface area (Å²) in [5.41, 5.74) is 0. The third-order valence-corrected chi connectivity index (χ3v) is 4.31. The molecule has 1 aromatic heterocycles. The van der Waals surface area contributed by atoms with Crippen LogP contribution in [-0.4, -0.2) is 48.2 Å². The van der Waals surface area contributed by atoms with Crippen molar-refractivity contribution in [1.29, 1.82) is 0 Å². The number of methoxy groups -OCH3 is 1. The second-order valence-corrected chi connectivity index (χ2v) is 6.08. The highest BCUT2D eigenvalue weighted by Gasteiger charge is 2.05. The van der Waals surface area contributed by atoms with E-state index in [1.165, 1.54) is 0 Å². The van der Waals surface area contributed by atoms with E-state index in [0.717, 1.165) is 34.5 Å². The summed E-state index contributed by atoms with van der Waals surface area (Å²) in [6.45, 7) is 2.53. The molecule has 4 nitrogen and oxygen atoms in total. The number of hydrogen-bond acceptors (Lipinski definition) is 6. The van der Waals surface area contributed by atoms with Crippen LogP contribution in [0.5, 0.6) is 0 Å². The van der Waals surface area contributed by atoms with E-state index >= 15 is 0 Å². The van der Waals surface area contributed by atoms with Gasteiger partial charge >= 0.3 is 0 Å². The number of ether oxygens (including phenoxy) is 1. The zero-order valence-corrected chi connectivity index (χ0v) is 12.3. The van der Waals surface area contributed by atoms with Gasteiger partial charge in [0.1, 0.15) is 0 Å². The first kappa shape index (κ1) is 14.1. The largest absolute Gasteiger partial charge is 0.385 e. The summed E-state index contributed by atoms with van der Waals surface area (Å²) < 4.78 is 8.75. The topological polar surface area (TPSA) is 30.3 Å². The SMILES string of the molecule is COCCCN(C)Cn1nc(SC)sc1=S. The van der Waals surface area contributed by atoms with E-state index in [2.05, 4.69) is 17.0 Å². The Morgan fingerprint density at radius 2 is 2.38 bits per heavy atom. The van der Waals surface area contributed by atoms with Gasteiger partial charge in [-0.2, -0.15) is 5.10 Å². The summed E-state index contributed by atoms with van der Waals surface area (Å²) in [7, 11) is 3.79. The maximum Gasteiger partial charge on any atom is 0.181 e. The van der Waals surface area contributed by atoms with Crippen molar-refractivity contribution in [1.82, 2.24) is 14.7 Å². The Bertz CT molecular complexity index is 363. The molecule has 1 rings (SSSR count). The van der Waals surface area contributed by atoms with Gasteiger partial charge in [-0.1, -0.05) is 23.1 Å². The summed E-state index contributed by atoms with van der Waals surface area (Å²) >= 11 is 8.44. The minimum atomic E-state index is 0.750. The predicted octanol–water partition coefficient (Wildman–Crippen LogP) is 2.32. The van der Waals surface area contributed by atoms with Crippen LogP contribution in [0, 0.1) is 3.95 Å². The van der Waals surface area contributed by atoms with Gasteiger partial charge in [-0.25, -0.2) is 4.68 Å². The monoisotopic (exact) mass is 279 g/mol. The molecule has 0 N–H and O–H groups in total. The fourth-order valence-electron chi connectivity index (χ4n) is 1.24. The highest BCUT2D eigenvalue weighted by molar-refractivity contribution is 8.00. The van der Waals surface area contributed by atoms with E-state index in [9.17, 15) is 0 Å². The zero-order chi connectivity index (χ0) is 12.0. The summed E-state index contributed by atoms with van der Waals surface area (Å²) in [4.78, 5) is 2.19. The van der Waals surface area contributed by atoms with Gasteiger partial charge in [0, 0.05) is 20.3 Å². The Morgan fingerprint density at radius 1 is 1.62 bits per heavy atom. The lowest BCUT2D eigenvalue weighted by Crippen LogP contribution is -2.24. The van der Waals surface area contributed by atoms with Crippen LogP contribution in [0.15, 0.2) is 4.34 Å². The lowest BCUT2D eigenvalue weighted by atomic mass is 10.4. The summed E-state index contributed by atoms with van der Waals surface area (Å²) in [5.74, 6) is 0. The highest BCUT2D eigenvalue weighted by atomic mass is 32.2. The number of hydrogen-bond donors (Lipinski definition) is 0. The fourth-order valence-corrected chi connectivity index (χ4v) is 2.97. The molecule has 1 aromatic rings. The molecule has 0 unspecified atom stereocenters. The van der Waals surface area contributed by atoms with Gasteiger partial charge in [0.25, 0.3) is 0 Å². The smallest absolute Gasteiger partial charge is 0.181 e. The molecule has 16 heavy (non-hydrogen) atoms. The second-order valence-electron chi connectivity index (χ2n) is 3.40. The van der Waals surface area contributed by atoms with E-state index in [4.69, 9.17) is 17.0 Å². The number of thioether (sulfide) groups is 1. The third kappa shape index (κ3) is 4.50. The number of rotatable bonds is 7. The zero-order valence-electron chi connectivity index (χ0n) is 9.80. The van der Waals surface area contributed by atoms with Crippen LogP contribution in [0.2, 0.25) is 0 Å². The Kier molecular flexibility index (Phi) is 6.52. The van der Waals surface area contributed by atoms with Gasteiger partial charge in [-0.15, -0.1) is 0 Å². The molecule has 0 aromatic carbocycles. The van der Waals surface area contributed by atoms with E-state index in [0.29, 0.717) is 0 Å². The Balaban J connectivity index is 2.45. The molecule has 0 saturated heterocycles. The van der Waals surface area contributed by atoms with E-state index in [1.54, 1.807) is 30.2 Å². The fraction of sp³-hybridized carbons (Fsp3) is 0.778. The van der Waals surface area contributed by atoms with Gasteiger partial charge in [0.15, 0.2) is 8.29 Å². The van der Waals surface area contributed by atoms with E-state index < -0.39 is 0 Å². The molecule has 0 radical (unpaired) electrons. The van der Waals surface area contributed by atoms with Crippen LogP contribution >= 0.6 is 35.3 Å². The van der Waals surface area contributed by atoms with Crippen molar-refractivity contribution in [3.05, 3.63) is 3.95 Å². The Labute approximate surface area is 110 Å². The van der Waals surface area contributed by atoms with Crippen molar-refractivity contribution in [3.8, 4) is 0 Å². The normalized spacial score (nSPS) is 11.2. The van der Waals surface area contributed by atoms with Crippen molar-refractivity contribution in [2.24, 2.45) is 0 Å². The van der Waals surface area contributed by atoms with Crippen LogP contribution in [0.1, 0.15) is 6.42 Å². The van der Waals surface area contributed by atoms with Crippen molar-refractivity contribution in [2.75, 3.05) is 33.6 Å². The number of aromatic nitrogens is 2. The third-order valence-electron chi connectivity index (χ3n) is 2.03. The summed E-state index contributed by atoms with van der Waals surface area (Å²) in [5, 5.41) is 4.42. The van der Waals surface area contributed by atoms with Crippen LogP contribution < -0.4 is 0 Å². The van der Waals surface area contributed by atoms with Gasteiger partial charge in [0.2, 0.25) is 0 Å². The van der Waals surface area contributed by atoms with Crippen LogP contribution in [-0.2, 0) is 11.4 Å². The standard InChI is InChI=1S/C9H17N3OS3/c1-11(5-4-6-13-2)7-12-9(14)16-8(10-12)15-3/h4-7H2,1-3H3. The minimum Gasteiger partial charge on any atom is -0.385 e. The van der Waals surface area contributed by atoms with Crippen molar-refractivity contribution in [3.63, 3.8) is 0 Å². The molecule has 0 atom stereocenters. The first-order valence-electron chi connectivity index (χ1n) is 4.96. The lowest BCUT2D eigenvalue weighted by molar-refractivity contribution is 0.168. The van der Waals surface area contributed by atoms with Crippen LogP contribution in [0.4, 0.5) is 0 Å². The maximum absolute atomic E-state index is 5.25. The molecule has 0 saturated carbocycles. The van der Waals surface area contributed by atoms with E-state index in [-0.39, 0.29) is 0 Å². The first-order chi connectivity index (χ1) is 7.67. The lowest BCUT2D eigenvalue weighted by Gasteiger charge is -2.15. The molecule has 7 heteroatoms. The van der Waals surface area contributed by atoms with Crippen LogP contribution in [0.3, 0.4) is 0 Å². The summed E-state index contributed by atoms with van der Waals surface area (Å²) in [6, 6.07) is 0. The molecule has 0 aliphatic carbocycles. The Hall–Kier alpha value is 0.0500. The average molecular weight is 279 g/mol. The molecule has 0 aliphatic heterocycles. The van der Waals surface area contributed by atoms with Gasteiger partial charge in [0.05, 0.1) is 6.67 Å². The molecule has 1 heterocycles. The predicted molar refractivity (Wildman–Crippen MR) is 71.8 cm³/mol. The molecule has 92 valence electrons. The molecule has 0 bridgehead atoms. The summed E-state index contributed by atoms with van der Waals surface area (Å²) in [6.07, 6.45) is 3.04. The first-order valence-corrected chi connectivity index (χ1v) is 7.41. The molecule has 0 aliphatic rings. The maximum atomic E-state index is 5.25. The Morgan fingerprint density at radius 3 is 2.94 bits per heavy atom. The molecule has 0 amide bonds. The van der Waals surface area contributed by atoms with Crippen LogP contribution in [0.25, 0.3) is 0 Å². The van der Waals surface area contributed by atoms with Gasteiger partial charge in [-0.05, 0) is 31.9 Å². The molecular weight excluding hydrogens is 262 g/mol. The highest BCUT2D eigenvalue weighted by Crippen LogP contribution is 2.18. The minimum absolute atomic E-state index is 0.750. The van der Waals surface area contributed by atoms with Gasteiger partial charge < -0.3 is 4.74 Å². The van der Waals surface area contributed by atoms with Crippen molar-refractivity contribution in [2.45, 2.75) is 17.4 Å². The quantitative estimate of drug-likeness (QED) is 0.434. The molecule has 0 fully saturated rings.